The van der Waals surface area contributed by atoms with Crippen molar-refractivity contribution in [2.75, 3.05) is 16.1 Å². The largest absolute Gasteiger partial charge is 0.328 e. The maximum Gasteiger partial charge on any atom is 0.328 e. The van der Waals surface area contributed by atoms with E-state index in [2.05, 4.69) is 32.0 Å². The molecule has 0 atom stereocenters. The van der Waals surface area contributed by atoms with Gasteiger partial charge in [0.15, 0.2) is 0 Å². The van der Waals surface area contributed by atoms with Crippen LogP contribution in [0, 0.1) is 13.8 Å². The SMILES string of the molecule is Cc1ccc(NC(=O)c2cc3cc(Br)ccc3n2NC(=O)C(=O)Nc2ccc(Cl)cc2Cl)c(C)c1. The van der Waals surface area contributed by atoms with Gasteiger partial charge in [0.2, 0.25) is 0 Å². The van der Waals surface area contributed by atoms with Crippen LogP contribution in [0.3, 0.4) is 0 Å². The fraction of sp³-hybridized carbons (Fsp3) is 0.0800. The van der Waals surface area contributed by atoms with Crippen molar-refractivity contribution in [3.8, 4) is 0 Å². The molecular weight excluding hydrogens is 555 g/mol. The highest BCUT2D eigenvalue weighted by molar-refractivity contribution is 9.10. The summed E-state index contributed by atoms with van der Waals surface area (Å²) in [5.41, 5.74) is 6.02. The van der Waals surface area contributed by atoms with Crippen LogP contribution in [0.4, 0.5) is 11.4 Å². The zero-order valence-electron chi connectivity index (χ0n) is 18.6. The van der Waals surface area contributed by atoms with E-state index in [1.165, 1.54) is 22.9 Å². The van der Waals surface area contributed by atoms with Gasteiger partial charge >= 0.3 is 11.8 Å². The average Bonchev–Trinajstić information content (AvgIpc) is 3.14. The molecular formula is C25H19BrCl2N4O3. The number of nitrogens with one attached hydrogen (secondary N) is 3. The Bertz CT molecular complexity index is 1500. The summed E-state index contributed by atoms with van der Waals surface area (Å²) >= 11 is 15.4. The molecule has 7 nitrogen and oxygen atoms in total. The third-order valence-electron chi connectivity index (χ3n) is 5.23. The molecule has 3 aromatic carbocycles. The summed E-state index contributed by atoms with van der Waals surface area (Å²) in [4.78, 5) is 38.6. The topological polar surface area (TPSA) is 92.2 Å². The first kappa shape index (κ1) is 24.8. The summed E-state index contributed by atoms with van der Waals surface area (Å²) in [6.45, 7) is 3.86. The van der Waals surface area contributed by atoms with Gasteiger partial charge in [0, 0.05) is 20.6 Å². The highest BCUT2D eigenvalue weighted by Gasteiger charge is 2.22. The first-order valence-corrected chi connectivity index (χ1v) is 11.9. The molecule has 0 spiro atoms. The Morgan fingerprint density at radius 2 is 1.57 bits per heavy atom. The predicted octanol–water partition coefficient (Wildman–Crippen LogP) is 6.29. The van der Waals surface area contributed by atoms with E-state index in [1.54, 1.807) is 24.3 Å². The Hall–Kier alpha value is -3.33. The normalized spacial score (nSPS) is 10.8. The Morgan fingerprint density at radius 1 is 0.829 bits per heavy atom. The Labute approximate surface area is 219 Å². The van der Waals surface area contributed by atoms with Crippen LogP contribution in [0.1, 0.15) is 21.6 Å². The number of carbonyl (C=O) groups is 3. The molecule has 1 aromatic heterocycles. The van der Waals surface area contributed by atoms with Crippen LogP contribution in [0.15, 0.2) is 65.1 Å². The molecule has 0 unspecified atom stereocenters. The Balaban J connectivity index is 1.64. The highest BCUT2D eigenvalue weighted by Crippen LogP contribution is 2.26. The summed E-state index contributed by atoms with van der Waals surface area (Å²) in [7, 11) is 0. The van der Waals surface area contributed by atoms with Gasteiger partial charge in [-0.2, -0.15) is 0 Å². The number of amides is 3. The lowest BCUT2D eigenvalue weighted by atomic mass is 10.1. The maximum absolute atomic E-state index is 13.2. The lowest BCUT2D eigenvalue weighted by Crippen LogP contribution is -2.36. The monoisotopic (exact) mass is 572 g/mol. The average molecular weight is 574 g/mol. The minimum absolute atomic E-state index is 0.142. The second-order valence-corrected chi connectivity index (χ2v) is 9.62. The smallest absolute Gasteiger partial charge is 0.320 e. The first-order valence-electron chi connectivity index (χ1n) is 10.4. The van der Waals surface area contributed by atoms with Crippen LogP contribution in [0.2, 0.25) is 10.0 Å². The molecule has 0 saturated carbocycles. The summed E-state index contributed by atoms with van der Waals surface area (Å²) in [5, 5.41) is 6.58. The van der Waals surface area contributed by atoms with Gasteiger partial charge in [0.25, 0.3) is 5.91 Å². The van der Waals surface area contributed by atoms with E-state index < -0.39 is 17.7 Å². The highest BCUT2D eigenvalue weighted by atomic mass is 79.9. The summed E-state index contributed by atoms with van der Waals surface area (Å²) < 4.78 is 2.08. The number of halogens is 3. The molecule has 178 valence electrons. The van der Waals surface area contributed by atoms with Crippen LogP contribution >= 0.6 is 39.1 Å². The van der Waals surface area contributed by atoms with E-state index in [0.717, 1.165) is 15.6 Å². The van der Waals surface area contributed by atoms with Gasteiger partial charge in [0.1, 0.15) is 5.69 Å². The first-order chi connectivity index (χ1) is 16.6. The van der Waals surface area contributed by atoms with Crippen LogP contribution in [-0.4, -0.2) is 22.4 Å². The van der Waals surface area contributed by atoms with Gasteiger partial charge in [-0.15, -0.1) is 0 Å². The molecule has 4 rings (SSSR count). The molecule has 0 aliphatic carbocycles. The molecule has 0 radical (unpaired) electrons. The standard InChI is InChI=1S/C25H19BrCl2N4O3/c1-13-3-6-19(14(2)9-13)29-23(33)22-11-15-10-16(26)4-8-21(15)32(22)31-25(35)24(34)30-20-7-5-17(27)12-18(20)28/h3-12H,1-2H3,(H,29,33)(H,30,34)(H,31,35). The van der Waals surface area contributed by atoms with Gasteiger partial charge in [-0.05, 0) is 67.9 Å². The van der Waals surface area contributed by atoms with Gasteiger partial charge in [-0.25, -0.2) is 4.68 Å². The van der Waals surface area contributed by atoms with Crippen molar-refractivity contribution < 1.29 is 14.4 Å². The van der Waals surface area contributed by atoms with Crippen molar-refractivity contribution in [1.82, 2.24) is 4.68 Å². The van der Waals surface area contributed by atoms with Gasteiger partial charge in [-0.3, -0.25) is 19.8 Å². The summed E-state index contributed by atoms with van der Waals surface area (Å²) in [5.74, 6) is -2.41. The zero-order chi connectivity index (χ0) is 25.3. The minimum Gasteiger partial charge on any atom is -0.320 e. The molecule has 1 heterocycles. The van der Waals surface area contributed by atoms with Crippen molar-refractivity contribution >= 4 is 79.1 Å². The van der Waals surface area contributed by atoms with Crippen LogP contribution < -0.4 is 16.1 Å². The van der Waals surface area contributed by atoms with Crippen LogP contribution in [0.5, 0.6) is 0 Å². The van der Waals surface area contributed by atoms with Gasteiger partial charge in [-0.1, -0.05) is 56.8 Å². The second-order valence-electron chi connectivity index (χ2n) is 7.86. The van der Waals surface area contributed by atoms with Crippen molar-refractivity contribution in [2.24, 2.45) is 0 Å². The Kier molecular flexibility index (Phi) is 7.16. The fourth-order valence-corrected chi connectivity index (χ4v) is 4.37. The number of hydrogen-bond acceptors (Lipinski definition) is 3. The second kappa shape index (κ2) is 10.1. The number of hydrogen-bond donors (Lipinski definition) is 3. The molecule has 3 amide bonds. The molecule has 0 bridgehead atoms. The third-order valence-corrected chi connectivity index (χ3v) is 6.27. The molecule has 3 N–H and O–H groups in total. The van der Waals surface area contributed by atoms with Crippen molar-refractivity contribution in [1.29, 1.82) is 0 Å². The number of benzene rings is 3. The van der Waals surface area contributed by atoms with E-state index in [0.29, 0.717) is 21.6 Å². The molecule has 4 aromatic rings. The van der Waals surface area contributed by atoms with Crippen molar-refractivity contribution in [3.63, 3.8) is 0 Å². The number of nitrogens with zero attached hydrogens (tertiary/aromatic N) is 1. The number of rotatable bonds is 4. The lowest BCUT2D eigenvalue weighted by Gasteiger charge is -2.14. The minimum atomic E-state index is -0.989. The quantitative estimate of drug-likeness (QED) is 0.251. The van der Waals surface area contributed by atoms with Crippen molar-refractivity contribution in [3.05, 3.63) is 92.0 Å². The molecule has 10 heteroatoms. The summed E-state index contributed by atoms with van der Waals surface area (Å²) in [6, 6.07) is 17.1. The lowest BCUT2D eigenvalue weighted by molar-refractivity contribution is -0.133. The number of fused-ring (bicyclic) bond motifs is 1. The Morgan fingerprint density at radius 3 is 2.29 bits per heavy atom. The van der Waals surface area contributed by atoms with Gasteiger partial charge < -0.3 is 10.6 Å². The number of aromatic nitrogens is 1. The van der Waals surface area contributed by atoms with Crippen LogP contribution in [-0.2, 0) is 9.59 Å². The van der Waals surface area contributed by atoms with E-state index in [-0.39, 0.29) is 16.4 Å². The van der Waals surface area contributed by atoms with Gasteiger partial charge in [0.05, 0.1) is 16.2 Å². The molecule has 0 fully saturated rings. The van der Waals surface area contributed by atoms with E-state index in [9.17, 15) is 14.4 Å². The summed E-state index contributed by atoms with van der Waals surface area (Å²) in [6.07, 6.45) is 0. The molecule has 0 aliphatic rings. The van der Waals surface area contributed by atoms with Crippen LogP contribution in [0.25, 0.3) is 10.9 Å². The molecule has 35 heavy (non-hydrogen) atoms. The van der Waals surface area contributed by atoms with Crippen molar-refractivity contribution in [2.45, 2.75) is 13.8 Å². The number of carbonyl (C=O) groups excluding carboxylic acids is 3. The maximum atomic E-state index is 13.2. The fourth-order valence-electron chi connectivity index (χ4n) is 3.54. The van der Waals surface area contributed by atoms with E-state index in [4.69, 9.17) is 23.2 Å². The molecule has 0 saturated heterocycles. The van der Waals surface area contributed by atoms with E-state index >= 15 is 0 Å². The molecule has 0 aliphatic heterocycles. The third kappa shape index (κ3) is 5.51. The predicted molar refractivity (Wildman–Crippen MR) is 143 cm³/mol. The van der Waals surface area contributed by atoms with E-state index in [1.807, 2.05) is 32.0 Å². The number of aryl methyl sites for hydroxylation is 2. The zero-order valence-corrected chi connectivity index (χ0v) is 21.7. The number of anilines is 2.